The highest BCUT2D eigenvalue weighted by atomic mass is 16.5. The number of ether oxygens (including phenoxy) is 3. The Morgan fingerprint density at radius 1 is 1.15 bits per heavy atom. The molecule has 0 unspecified atom stereocenters. The molecule has 3 aromatic carbocycles. The van der Waals surface area contributed by atoms with Crippen molar-refractivity contribution in [1.29, 1.82) is 0 Å². The summed E-state index contributed by atoms with van der Waals surface area (Å²) in [6, 6.07) is 17.4. The van der Waals surface area contributed by atoms with Crippen LogP contribution in [0.15, 0.2) is 54.6 Å². The van der Waals surface area contributed by atoms with Gasteiger partial charge in [0.05, 0.1) is 19.8 Å². The molecule has 6 nitrogen and oxygen atoms in total. The molecule has 3 aromatic rings. The third-order valence-corrected chi connectivity index (χ3v) is 5.91. The van der Waals surface area contributed by atoms with Gasteiger partial charge in [0, 0.05) is 12.0 Å². The first-order valence-corrected chi connectivity index (χ1v) is 11.1. The highest BCUT2D eigenvalue weighted by Crippen LogP contribution is 2.36. The molecule has 6 heteroatoms. The molecule has 0 radical (unpaired) electrons. The first-order chi connectivity index (χ1) is 15.9. The maximum absolute atomic E-state index is 11.6. The summed E-state index contributed by atoms with van der Waals surface area (Å²) in [5, 5.41) is 9.49. The summed E-state index contributed by atoms with van der Waals surface area (Å²) in [5.41, 5.74) is 11.9. The van der Waals surface area contributed by atoms with Gasteiger partial charge in [0.1, 0.15) is 17.9 Å². The zero-order valence-corrected chi connectivity index (χ0v) is 19.1. The molecular weight excluding hydrogens is 418 g/mol. The molecular formula is C27H29NO5. The van der Waals surface area contributed by atoms with Gasteiger partial charge in [-0.05, 0) is 52.4 Å². The first kappa shape index (κ1) is 22.7. The number of carbonyl (C=O) groups is 1. The normalized spacial score (nSPS) is 14.6. The molecule has 1 aliphatic rings. The highest BCUT2D eigenvalue weighted by Gasteiger charge is 2.21. The third kappa shape index (κ3) is 4.81. The largest absolute Gasteiger partial charge is 0.493 e. The molecule has 0 saturated heterocycles. The van der Waals surface area contributed by atoms with Crippen LogP contribution in [-0.4, -0.2) is 31.4 Å². The molecule has 0 aliphatic carbocycles. The second-order valence-electron chi connectivity index (χ2n) is 8.53. The maximum atomic E-state index is 11.6. The van der Waals surface area contributed by atoms with Crippen molar-refractivity contribution in [3.63, 3.8) is 0 Å². The Morgan fingerprint density at radius 2 is 1.97 bits per heavy atom. The van der Waals surface area contributed by atoms with Crippen LogP contribution in [0, 0.1) is 0 Å². The average molecular weight is 448 g/mol. The van der Waals surface area contributed by atoms with Gasteiger partial charge < -0.3 is 25.1 Å². The Hall–Kier alpha value is -3.51. The smallest absolute Gasteiger partial charge is 0.339 e. The van der Waals surface area contributed by atoms with Crippen LogP contribution in [0.1, 0.15) is 52.9 Å². The van der Waals surface area contributed by atoms with E-state index in [2.05, 4.69) is 44.2 Å². The number of hydrogen-bond acceptors (Lipinski definition) is 5. The van der Waals surface area contributed by atoms with Crippen molar-refractivity contribution >= 4 is 5.97 Å². The monoisotopic (exact) mass is 447 g/mol. The number of nitrogens with two attached hydrogens (primary N) is 1. The topological polar surface area (TPSA) is 91.0 Å². The van der Waals surface area contributed by atoms with Gasteiger partial charge in [0.25, 0.3) is 0 Å². The van der Waals surface area contributed by atoms with Crippen molar-refractivity contribution in [2.75, 3.05) is 20.3 Å². The average Bonchev–Trinajstić information content (AvgIpc) is 3.18. The minimum absolute atomic E-state index is 0.0858. The van der Waals surface area contributed by atoms with Gasteiger partial charge in [-0.1, -0.05) is 44.2 Å². The van der Waals surface area contributed by atoms with Crippen molar-refractivity contribution in [3.8, 4) is 28.4 Å². The van der Waals surface area contributed by atoms with E-state index in [1.165, 1.54) is 18.7 Å². The second-order valence-corrected chi connectivity index (χ2v) is 8.53. The molecule has 0 spiro atoms. The lowest BCUT2D eigenvalue weighted by Crippen LogP contribution is -2.10. The quantitative estimate of drug-likeness (QED) is 0.493. The van der Waals surface area contributed by atoms with E-state index >= 15 is 0 Å². The number of para-hydroxylation sites is 1. The van der Waals surface area contributed by atoms with E-state index < -0.39 is 5.97 Å². The van der Waals surface area contributed by atoms with E-state index in [1.54, 1.807) is 12.1 Å². The lowest BCUT2D eigenvalue weighted by atomic mass is 9.92. The molecule has 1 atom stereocenters. The second kappa shape index (κ2) is 9.55. The van der Waals surface area contributed by atoms with Crippen molar-refractivity contribution in [2.24, 2.45) is 5.73 Å². The van der Waals surface area contributed by atoms with E-state index in [0.717, 1.165) is 28.0 Å². The summed E-state index contributed by atoms with van der Waals surface area (Å²) in [6.07, 6.45) is 0.623. The molecule has 1 heterocycles. The number of fused-ring (bicyclic) bond motifs is 1. The third-order valence-electron chi connectivity index (χ3n) is 5.91. The molecule has 3 N–H and O–H groups in total. The number of carboxylic acids is 1. The van der Waals surface area contributed by atoms with Gasteiger partial charge in [0.2, 0.25) is 0 Å². The van der Waals surface area contributed by atoms with Gasteiger partial charge in [0.15, 0.2) is 11.5 Å². The Morgan fingerprint density at radius 3 is 2.70 bits per heavy atom. The summed E-state index contributed by atoms with van der Waals surface area (Å²) in [4.78, 5) is 11.6. The van der Waals surface area contributed by atoms with Gasteiger partial charge in [-0.25, -0.2) is 4.79 Å². The Kier molecular flexibility index (Phi) is 6.56. The molecule has 0 saturated carbocycles. The Labute approximate surface area is 193 Å². The van der Waals surface area contributed by atoms with Gasteiger partial charge >= 0.3 is 5.97 Å². The number of aromatic carboxylic acids is 1. The van der Waals surface area contributed by atoms with Gasteiger partial charge in [-0.2, -0.15) is 0 Å². The number of hydrogen-bond donors (Lipinski definition) is 2. The lowest BCUT2D eigenvalue weighted by molar-refractivity contribution is 0.0691. The minimum atomic E-state index is -1.05. The number of rotatable bonds is 8. The molecule has 4 rings (SSSR count). The fourth-order valence-corrected chi connectivity index (χ4v) is 4.05. The molecule has 0 amide bonds. The fourth-order valence-electron chi connectivity index (χ4n) is 4.05. The summed E-state index contributed by atoms with van der Waals surface area (Å²) < 4.78 is 16.8. The predicted molar refractivity (Wildman–Crippen MR) is 128 cm³/mol. The fraction of sp³-hybridized carbons (Fsp3) is 0.296. The van der Waals surface area contributed by atoms with E-state index in [9.17, 15) is 9.90 Å². The first-order valence-electron chi connectivity index (χ1n) is 11.1. The van der Waals surface area contributed by atoms with Crippen molar-refractivity contribution in [3.05, 3.63) is 76.9 Å². The molecule has 0 bridgehead atoms. The standard InChI is InChI=1S/C27H29NO5/c1-16(2)19-11-17(9-10-32-26-21(27(29)30)5-4-6-25(26)31-3)12-20(13-19)18-7-8-24-22(14-18)23(28)15-33-24/h4-8,11-14,16,23H,9-10,15,28H2,1-3H3,(H,29,30)/t23-/m1/s1. The van der Waals surface area contributed by atoms with Crippen molar-refractivity contribution in [1.82, 2.24) is 0 Å². The number of methoxy groups -OCH3 is 1. The van der Waals surface area contributed by atoms with Crippen molar-refractivity contribution < 1.29 is 24.1 Å². The van der Waals surface area contributed by atoms with E-state index in [1.807, 2.05) is 6.07 Å². The summed E-state index contributed by atoms with van der Waals surface area (Å²) >= 11 is 0. The zero-order valence-electron chi connectivity index (χ0n) is 19.1. The van der Waals surface area contributed by atoms with Crippen LogP contribution in [0.2, 0.25) is 0 Å². The van der Waals surface area contributed by atoms with Gasteiger partial charge in [-0.15, -0.1) is 0 Å². The number of benzene rings is 3. The van der Waals surface area contributed by atoms with E-state index in [-0.39, 0.29) is 17.4 Å². The molecule has 1 aliphatic heterocycles. The van der Waals surface area contributed by atoms with Crippen LogP contribution in [0.5, 0.6) is 17.2 Å². The van der Waals surface area contributed by atoms with Crippen molar-refractivity contribution in [2.45, 2.75) is 32.2 Å². The van der Waals surface area contributed by atoms with E-state index in [4.69, 9.17) is 19.9 Å². The summed E-state index contributed by atoms with van der Waals surface area (Å²) in [5.74, 6) is 0.818. The molecule has 0 fully saturated rings. The molecule has 172 valence electrons. The highest BCUT2D eigenvalue weighted by molar-refractivity contribution is 5.92. The van der Waals surface area contributed by atoms with Crippen LogP contribution in [0.25, 0.3) is 11.1 Å². The van der Waals surface area contributed by atoms with Crippen LogP contribution >= 0.6 is 0 Å². The Balaban J connectivity index is 1.59. The maximum Gasteiger partial charge on any atom is 0.339 e. The molecule has 33 heavy (non-hydrogen) atoms. The SMILES string of the molecule is COc1cccc(C(=O)O)c1OCCc1cc(-c2ccc3c(c2)[C@H](N)CO3)cc(C(C)C)c1. The number of carboxylic acid groups (broad SMARTS) is 1. The van der Waals surface area contributed by atoms with Gasteiger partial charge in [-0.3, -0.25) is 0 Å². The van der Waals surface area contributed by atoms with Crippen LogP contribution in [0.3, 0.4) is 0 Å². The summed E-state index contributed by atoms with van der Waals surface area (Å²) in [7, 11) is 1.50. The summed E-state index contributed by atoms with van der Waals surface area (Å²) in [6.45, 7) is 5.17. The lowest BCUT2D eigenvalue weighted by Gasteiger charge is -2.15. The van der Waals surface area contributed by atoms with Crippen LogP contribution < -0.4 is 19.9 Å². The Bertz CT molecular complexity index is 1170. The van der Waals surface area contributed by atoms with E-state index in [0.29, 0.717) is 31.3 Å². The van der Waals surface area contributed by atoms with Crippen LogP contribution in [-0.2, 0) is 6.42 Å². The predicted octanol–water partition coefficient (Wildman–Crippen LogP) is 5.20. The zero-order chi connectivity index (χ0) is 23.5. The van der Waals surface area contributed by atoms with Crippen LogP contribution in [0.4, 0.5) is 0 Å². The molecule has 0 aromatic heterocycles. The minimum Gasteiger partial charge on any atom is -0.493 e.